The summed E-state index contributed by atoms with van der Waals surface area (Å²) in [5.74, 6) is 0.296. The van der Waals surface area contributed by atoms with Crippen LogP contribution in [0.4, 0.5) is 5.82 Å². The first-order valence-corrected chi connectivity index (χ1v) is 5.43. The Morgan fingerprint density at radius 2 is 2.25 bits per heavy atom. The molecule has 1 saturated carbocycles. The van der Waals surface area contributed by atoms with Crippen molar-refractivity contribution in [1.82, 2.24) is 10.2 Å². The topological polar surface area (TPSA) is 66.3 Å². The number of hydrogen-bond donors (Lipinski definition) is 1. The normalized spacial score (nSPS) is 15.6. The van der Waals surface area contributed by atoms with E-state index in [-0.39, 0.29) is 6.54 Å². The zero-order valence-electron chi connectivity index (χ0n) is 9.26. The van der Waals surface area contributed by atoms with E-state index < -0.39 is 5.97 Å². The second-order valence-corrected chi connectivity index (χ2v) is 4.19. The number of carboxylic acid groups (broad SMARTS) is 1. The van der Waals surface area contributed by atoms with Crippen LogP contribution in [0.5, 0.6) is 0 Å². The zero-order chi connectivity index (χ0) is 11.5. The molecule has 86 valence electrons. The summed E-state index contributed by atoms with van der Waals surface area (Å²) in [7, 11) is 1.70. The average molecular weight is 221 g/mol. The molecule has 1 aliphatic carbocycles. The molecule has 0 atom stereocenters. The fraction of sp³-hybridized carbons (Fsp3) is 0.545. The third-order valence-electron chi connectivity index (χ3n) is 2.96. The van der Waals surface area contributed by atoms with Gasteiger partial charge in [-0.3, -0.25) is 4.79 Å². The van der Waals surface area contributed by atoms with Crippen LogP contribution in [0.15, 0.2) is 12.1 Å². The fourth-order valence-corrected chi connectivity index (χ4v) is 1.74. The van der Waals surface area contributed by atoms with E-state index in [1.54, 1.807) is 11.9 Å². The number of carbonyl (C=O) groups is 1. The van der Waals surface area contributed by atoms with Gasteiger partial charge in [-0.05, 0) is 25.0 Å². The molecule has 0 amide bonds. The maximum atomic E-state index is 10.5. The predicted molar refractivity (Wildman–Crippen MR) is 59.5 cm³/mol. The molecule has 16 heavy (non-hydrogen) atoms. The van der Waals surface area contributed by atoms with Crippen molar-refractivity contribution in [1.29, 1.82) is 0 Å². The first-order valence-electron chi connectivity index (χ1n) is 5.43. The molecule has 5 heteroatoms. The summed E-state index contributed by atoms with van der Waals surface area (Å²) in [6.07, 6.45) is 3.66. The number of anilines is 1. The van der Waals surface area contributed by atoms with Gasteiger partial charge in [0.05, 0.1) is 5.69 Å². The Kier molecular flexibility index (Phi) is 3.03. The Morgan fingerprint density at radius 3 is 2.69 bits per heavy atom. The van der Waals surface area contributed by atoms with Crippen LogP contribution in [-0.4, -0.2) is 34.9 Å². The number of rotatable bonds is 4. The van der Waals surface area contributed by atoms with E-state index in [2.05, 4.69) is 10.2 Å². The molecule has 1 aromatic rings. The molecule has 0 unspecified atom stereocenters. The van der Waals surface area contributed by atoms with E-state index >= 15 is 0 Å². The maximum absolute atomic E-state index is 10.5. The first-order chi connectivity index (χ1) is 7.66. The lowest BCUT2D eigenvalue weighted by Crippen LogP contribution is -2.26. The number of nitrogens with zero attached hydrogens (tertiary/aromatic N) is 3. The Balaban J connectivity index is 2.03. The Morgan fingerprint density at radius 1 is 1.50 bits per heavy atom. The number of aromatic nitrogens is 2. The Bertz CT molecular complexity index is 373. The van der Waals surface area contributed by atoms with E-state index in [9.17, 15) is 4.79 Å². The van der Waals surface area contributed by atoms with Gasteiger partial charge in [0, 0.05) is 13.0 Å². The van der Waals surface area contributed by atoms with Gasteiger partial charge in [0.2, 0.25) is 0 Å². The second kappa shape index (κ2) is 4.47. The highest BCUT2D eigenvalue weighted by molar-refractivity contribution is 5.72. The minimum atomic E-state index is -0.868. The highest BCUT2D eigenvalue weighted by Crippen LogP contribution is 2.34. The molecular weight excluding hydrogens is 206 g/mol. The molecule has 1 N–H and O–H groups in total. The van der Waals surface area contributed by atoms with Crippen LogP contribution >= 0.6 is 0 Å². The van der Waals surface area contributed by atoms with Crippen LogP contribution in [0, 0.1) is 0 Å². The number of hydrogen-bond acceptors (Lipinski definition) is 4. The van der Waals surface area contributed by atoms with Crippen molar-refractivity contribution in [3.8, 4) is 0 Å². The van der Waals surface area contributed by atoms with Crippen molar-refractivity contribution in [3.05, 3.63) is 17.8 Å². The van der Waals surface area contributed by atoms with Crippen molar-refractivity contribution >= 4 is 11.8 Å². The summed E-state index contributed by atoms with van der Waals surface area (Å²) in [5, 5.41) is 16.8. The summed E-state index contributed by atoms with van der Waals surface area (Å²) >= 11 is 0. The number of aliphatic carboxylic acids is 1. The van der Waals surface area contributed by atoms with Crippen LogP contribution in [-0.2, 0) is 4.79 Å². The zero-order valence-corrected chi connectivity index (χ0v) is 9.26. The first kappa shape index (κ1) is 10.9. The molecule has 0 aromatic carbocycles. The molecule has 2 rings (SSSR count). The summed E-state index contributed by atoms with van der Waals surface area (Å²) in [4.78, 5) is 12.1. The van der Waals surface area contributed by atoms with Gasteiger partial charge >= 0.3 is 5.97 Å². The minimum absolute atomic E-state index is 0.0581. The van der Waals surface area contributed by atoms with E-state index in [0.717, 1.165) is 5.69 Å². The minimum Gasteiger partial charge on any atom is -0.480 e. The highest BCUT2D eigenvalue weighted by atomic mass is 16.4. The lowest BCUT2D eigenvalue weighted by molar-refractivity contribution is -0.135. The van der Waals surface area contributed by atoms with Gasteiger partial charge in [0.25, 0.3) is 0 Å². The summed E-state index contributed by atoms with van der Waals surface area (Å²) in [5.41, 5.74) is 1.03. The maximum Gasteiger partial charge on any atom is 0.323 e. The molecule has 1 aliphatic rings. The fourth-order valence-electron chi connectivity index (χ4n) is 1.74. The van der Waals surface area contributed by atoms with E-state index in [4.69, 9.17) is 5.11 Å². The molecule has 1 heterocycles. The third-order valence-corrected chi connectivity index (χ3v) is 2.96. The largest absolute Gasteiger partial charge is 0.480 e. The number of likely N-dealkylation sites (N-methyl/N-ethyl adjacent to an activating group) is 1. The van der Waals surface area contributed by atoms with Gasteiger partial charge in [-0.25, -0.2) is 0 Å². The van der Waals surface area contributed by atoms with Crippen LogP contribution < -0.4 is 4.90 Å². The summed E-state index contributed by atoms with van der Waals surface area (Å²) in [6.45, 7) is -0.0581. The lowest BCUT2D eigenvalue weighted by atomic mass is 9.83. The van der Waals surface area contributed by atoms with Crippen LogP contribution in [0.1, 0.15) is 30.9 Å². The molecule has 0 saturated heterocycles. The summed E-state index contributed by atoms with van der Waals surface area (Å²) < 4.78 is 0. The summed E-state index contributed by atoms with van der Waals surface area (Å²) in [6, 6.07) is 3.79. The molecule has 5 nitrogen and oxygen atoms in total. The smallest absolute Gasteiger partial charge is 0.323 e. The van der Waals surface area contributed by atoms with Crippen molar-refractivity contribution in [2.75, 3.05) is 18.5 Å². The Hall–Kier alpha value is -1.65. The van der Waals surface area contributed by atoms with Crippen molar-refractivity contribution in [2.24, 2.45) is 0 Å². The molecular formula is C11H15N3O2. The van der Waals surface area contributed by atoms with Crippen LogP contribution in [0.25, 0.3) is 0 Å². The SMILES string of the molecule is CN(CC(=O)O)c1ccc(C2CCC2)nn1. The van der Waals surface area contributed by atoms with Crippen LogP contribution in [0.2, 0.25) is 0 Å². The molecule has 0 bridgehead atoms. The van der Waals surface area contributed by atoms with Gasteiger partial charge in [-0.1, -0.05) is 6.42 Å². The van der Waals surface area contributed by atoms with E-state index in [0.29, 0.717) is 11.7 Å². The van der Waals surface area contributed by atoms with Gasteiger partial charge < -0.3 is 10.0 Å². The van der Waals surface area contributed by atoms with Crippen molar-refractivity contribution in [2.45, 2.75) is 25.2 Å². The molecule has 0 spiro atoms. The number of carboxylic acids is 1. The van der Waals surface area contributed by atoms with Gasteiger partial charge in [0.15, 0.2) is 5.82 Å². The Labute approximate surface area is 94.1 Å². The van der Waals surface area contributed by atoms with Crippen LogP contribution in [0.3, 0.4) is 0 Å². The molecule has 0 aliphatic heterocycles. The quantitative estimate of drug-likeness (QED) is 0.829. The lowest BCUT2D eigenvalue weighted by Gasteiger charge is -2.24. The third kappa shape index (κ3) is 2.29. The predicted octanol–water partition coefficient (Wildman–Crippen LogP) is 1.26. The standard InChI is InChI=1S/C11H15N3O2/c1-14(7-11(15)16)10-6-5-9(12-13-10)8-3-2-4-8/h5-6,8H,2-4,7H2,1H3,(H,15,16). The van der Waals surface area contributed by atoms with E-state index in [1.807, 2.05) is 12.1 Å². The van der Waals surface area contributed by atoms with Crippen molar-refractivity contribution < 1.29 is 9.90 Å². The molecule has 1 fully saturated rings. The monoisotopic (exact) mass is 221 g/mol. The highest BCUT2D eigenvalue weighted by Gasteiger charge is 2.21. The van der Waals surface area contributed by atoms with Gasteiger partial charge in [-0.2, -0.15) is 5.10 Å². The molecule has 1 aromatic heterocycles. The van der Waals surface area contributed by atoms with Gasteiger partial charge in [0.1, 0.15) is 6.54 Å². The second-order valence-electron chi connectivity index (χ2n) is 4.19. The van der Waals surface area contributed by atoms with Crippen molar-refractivity contribution in [3.63, 3.8) is 0 Å². The average Bonchev–Trinajstić information content (AvgIpc) is 2.15. The van der Waals surface area contributed by atoms with Gasteiger partial charge in [-0.15, -0.1) is 5.10 Å². The molecule has 0 radical (unpaired) electrons. The van der Waals surface area contributed by atoms with E-state index in [1.165, 1.54) is 19.3 Å².